The lowest BCUT2D eigenvalue weighted by atomic mass is 10.0. The molecule has 13 nitrogen and oxygen atoms in total. The van der Waals surface area contributed by atoms with Gasteiger partial charge < -0.3 is 25.4 Å². The minimum atomic E-state index is -4.00. The number of rotatable bonds is 8. The first-order valence-corrected chi connectivity index (χ1v) is 16.0. The number of amides is 4. The van der Waals surface area contributed by atoms with Crippen molar-refractivity contribution in [1.29, 1.82) is 0 Å². The van der Waals surface area contributed by atoms with E-state index < -0.39 is 68.4 Å². The molecule has 1 aliphatic heterocycles. The van der Waals surface area contributed by atoms with Gasteiger partial charge in [-0.1, -0.05) is 18.2 Å². The number of benzene rings is 3. The van der Waals surface area contributed by atoms with Gasteiger partial charge in [-0.05, 0) is 55.3 Å². The van der Waals surface area contributed by atoms with Crippen LogP contribution >= 0.6 is 0 Å². The lowest BCUT2D eigenvalue weighted by Crippen LogP contribution is -2.54. The summed E-state index contributed by atoms with van der Waals surface area (Å²) in [4.78, 5) is 42.9. The molecule has 0 radical (unpaired) electrons. The monoisotopic (exact) mass is 699 g/mol. The van der Waals surface area contributed by atoms with Crippen molar-refractivity contribution >= 4 is 45.2 Å². The zero-order valence-corrected chi connectivity index (χ0v) is 26.1. The van der Waals surface area contributed by atoms with Crippen molar-refractivity contribution in [1.82, 2.24) is 9.88 Å². The zero-order valence-electron chi connectivity index (χ0n) is 25.3. The summed E-state index contributed by atoms with van der Waals surface area (Å²) in [6.45, 7) is 0.380. The lowest BCUT2D eigenvalue weighted by Gasteiger charge is -2.35. The Kier molecular flexibility index (Phi) is 10.2. The molecule has 49 heavy (non-hydrogen) atoms. The third-order valence-corrected chi connectivity index (χ3v) is 8.24. The van der Waals surface area contributed by atoms with Gasteiger partial charge >= 0.3 is 6.03 Å². The standard InChI is InChI=1S/C26H22F3N5O5.C6H6O3S/c27-14-1-3-15(4-2-14)31-23(36)26(6-7-26)24(37)32-20-10-19(29)21(11-18(20)28)39-17-5-8-30-22(9-17)33-25(38)34-12-16(35)13-34;7-10(8,9)6-4-2-1-3-5-6/h1-5,8-11,16,35H,6-7,12-13H2,(H,31,36)(H,32,37)(H,30,33,38);1-5H,(H,7,8,9). The molecule has 1 saturated carbocycles. The summed E-state index contributed by atoms with van der Waals surface area (Å²) < 4.78 is 77.4. The number of hydrogen-bond donors (Lipinski definition) is 5. The molecule has 5 N–H and O–H groups in total. The number of urea groups is 1. The second-order valence-electron chi connectivity index (χ2n) is 11.0. The van der Waals surface area contributed by atoms with Crippen LogP contribution in [-0.2, 0) is 19.7 Å². The smallest absolute Gasteiger partial charge is 0.323 e. The predicted octanol–water partition coefficient (Wildman–Crippen LogP) is 4.79. The topological polar surface area (TPSA) is 187 Å². The van der Waals surface area contributed by atoms with Crippen LogP contribution in [0.1, 0.15) is 12.8 Å². The highest BCUT2D eigenvalue weighted by Gasteiger charge is 2.56. The molecule has 3 aromatic carbocycles. The molecule has 1 aromatic heterocycles. The van der Waals surface area contributed by atoms with Crippen molar-refractivity contribution < 1.29 is 50.4 Å². The number of nitrogens with zero attached hydrogens (tertiary/aromatic N) is 2. The van der Waals surface area contributed by atoms with Crippen molar-refractivity contribution in [2.24, 2.45) is 5.41 Å². The Morgan fingerprint density at radius 2 is 1.51 bits per heavy atom. The fourth-order valence-electron chi connectivity index (χ4n) is 4.48. The third kappa shape index (κ3) is 8.69. The molecule has 2 fully saturated rings. The van der Waals surface area contributed by atoms with Crippen LogP contribution in [0.5, 0.6) is 11.5 Å². The van der Waals surface area contributed by atoms with Crippen molar-refractivity contribution in [3.05, 3.63) is 103 Å². The number of anilines is 3. The third-order valence-electron chi connectivity index (χ3n) is 7.38. The fourth-order valence-corrected chi connectivity index (χ4v) is 4.98. The van der Waals surface area contributed by atoms with E-state index in [9.17, 15) is 41.1 Å². The number of hydrogen-bond acceptors (Lipinski definition) is 8. The highest BCUT2D eigenvalue weighted by Crippen LogP contribution is 2.48. The van der Waals surface area contributed by atoms with Gasteiger partial charge in [0.05, 0.1) is 29.8 Å². The highest BCUT2D eigenvalue weighted by atomic mass is 32.2. The Morgan fingerprint density at radius 1 is 0.857 bits per heavy atom. The van der Waals surface area contributed by atoms with Crippen LogP contribution in [0.25, 0.3) is 0 Å². The molecule has 1 saturated heterocycles. The quantitative estimate of drug-likeness (QED) is 0.127. The molecule has 4 amide bonds. The summed E-state index contributed by atoms with van der Waals surface area (Å²) in [5, 5.41) is 16.6. The Morgan fingerprint density at radius 3 is 2.10 bits per heavy atom. The maximum absolute atomic E-state index is 14.8. The molecule has 0 unspecified atom stereocenters. The van der Waals surface area contributed by atoms with E-state index in [1.807, 2.05) is 0 Å². The number of carbonyl (C=O) groups is 3. The number of aromatic nitrogens is 1. The molecule has 256 valence electrons. The molecular formula is C32H28F3N5O8S. The second-order valence-corrected chi connectivity index (χ2v) is 12.4. The van der Waals surface area contributed by atoms with Crippen LogP contribution in [0, 0.1) is 22.9 Å². The number of carbonyl (C=O) groups excluding carboxylic acids is 3. The Labute approximate surface area is 277 Å². The van der Waals surface area contributed by atoms with E-state index in [4.69, 9.17) is 9.29 Å². The minimum absolute atomic E-state index is 0.0495. The summed E-state index contributed by atoms with van der Waals surface area (Å²) in [5.74, 6) is -4.29. The van der Waals surface area contributed by atoms with Crippen LogP contribution < -0.4 is 20.7 Å². The summed E-state index contributed by atoms with van der Waals surface area (Å²) in [5.41, 5.74) is -1.65. The number of aliphatic hydroxyl groups excluding tert-OH is 1. The average Bonchev–Trinajstić information content (AvgIpc) is 3.86. The first-order valence-electron chi connectivity index (χ1n) is 14.5. The van der Waals surface area contributed by atoms with Crippen molar-refractivity contribution in [2.45, 2.75) is 23.8 Å². The number of β-amino-alcohol motifs (C(OH)–C–C–N with tert-alkyl or cyclic N) is 1. The van der Waals surface area contributed by atoms with Crippen molar-refractivity contribution in [2.75, 3.05) is 29.0 Å². The van der Waals surface area contributed by atoms with E-state index in [0.29, 0.717) is 0 Å². The normalized spacial score (nSPS) is 14.8. The number of ether oxygens (including phenoxy) is 1. The summed E-state index contributed by atoms with van der Waals surface area (Å²) >= 11 is 0. The van der Waals surface area contributed by atoms with Gasteiger partial charge in [-0.15, -0.1) is 0 Å². The van der Waals surface area contributed by atoms with Gasteiger partial charge in [-0.3, -0.25) is 19.5 Å². The Hall–Kier alpha value is -5.52. The van der Waals surface area contributed by atoms with E-state index in [1.54, 1.807) is 18.2 Å². The lowest BCUT2D eigenvalue weighted by molar-refractivity contribution is -0.131. The van der Waals surface area contributed by atoms with Gasteiger partial charge in [0.15, 0.2) is 17.4 Å². The van der Waals surface area contributed by atoms with Crippen LogP contribution in [0.3, 0.4) is 0 Å². The van der Waals surface area contributed by atoms with Crippen molar-refractivity contribution in [3.63, 3.8) is 0 Å². The number of pyridine rings is 1. The molecule has 2 heterocycles. The number of halogens is 3. The Balaban J connectivity index is 0.000000402. The van der Waals surface area contributed by atoms with E-state index in [1.165, 1.54) is 47.5 Å². The maximum atomic E-state index is 14.8. The fraction of sp³-hybridized carbons (Fsp3) is 0.188. The average molecular weight is 700 g/mol. The maximum Gasteiger partial charge on any atom is 0.323 e. The number of nitrogens with one attached hydrogen (secondary N) is 3. The first-order chi connectivity index (χ1) is 23.2. The summed E-state index contributed by atoms with van der Waals surface area (Å²) in [6, 6.07) is 16.1. The van der Waals surface area contributed by atoms with Gasteiger partial charge in [0, 0.05) is 30.1 Å². The summed E-state index contributed by atoms with van der Waals surface area (Å²) in [7, 11) is -4.00. The molecule has 1 aliphatic carbocycles. The van der Waals surface area contributed by atoms with E-state index in [0.717, 1.165) is 24.3 Å². The number of likely N-dealkylation sites (tertiary alicyclic amines) is 1. The minimum Gasteiger partial charge on any atom is -0.454 e. The SMILES string of the molecule is O=C(Nc1cc(Oc2cc(F)c(NC(=O)C3(C(=O)Nc4ccc(F)cc4)CC3)cc2F)ccn1)N1CC(O)C1.O=S(=O)(O)c1ccccc1. The molecule has 0 spiro atoms. The largest absolute Gasteiger partial charge is 0.454 e. The van der Waals surface area contributed by atoms with E-state index in [-0.39, 0.29) is 48.1 Å². The van der Waals surface area contributed by atoms with Gasteiger partial charge in [0.2, 0.25) is 11.8 Å². The van der Waals surface area contributed by atoms with Gasteiger partial charge in [-0.25, -0.2) is 22.9 Å². The van der Waals surface area contributed by atoms with Gasteiger partial charge in [-0.2, -0.15) is 8.42 Å². The van der Waals surface area contributed by atoms with Gasteiger partial charge in [0.25, 0.3) is 10.1 Å². The van der Waals surface area contributed by atoms with E-state index >= 15 is 0 Å². The molecule has 0 atom stereocenters. The van der Waals surface area contributed by atoms with Gasteiger partial charge in [0.1, 0.15) is 22.8 Å². The van der Waals surface area contributed by atoms with Crippen LogP contribution in [0.2, 0.25) is 0 Å². The number of aliphatic hydroxyl groups is 1. The molecule has 2 aliphatic rings. The highest BCUT2D eigenvalue weighted by molar-refractivity contribution is 7.85. The van der Waals surface area contributed by atoms with Crippen LogP contribution in [0.4, 0.5) is 35.2 Å². The Bertz CT molecular complexity index is 1970. The van der Waals surface area contributed by atoms with Crippen LogP contribution in [-0.4, -0.2) is 65.0 Å². The van der Waals surface area contributed by atoms with E-state index in [2.05, 4.69) is 20.9 Å². The molecule has 4 aromatic rings. The van der Waals surface area contributed by atoms with Crippen molar-refractivity contribution in [3.8, 4) is 11.5 Å². The van der Waals surface area contributed by atoms with Crippen LogP contribution in [0.15, 0.2) is 90.0 Å². The predicted molar refractivity (Wildman–Crippen MR) is 169 cm³/mol. The zero-order chi connectivity index (χ0) is 35.3. The molecule has 17 heteroatoms. The molecule has 0 bridgehead atoms. The molecular weight excluding hydrogens is 671 g/mol. The second kappa shape index (κ2) is 14.3. The first kappa shape index (κ1) is 34.8. The summed E-state index contributed by atoms with van der Waals surface area (Å²) in [6.07, 6.45) is 1.13. The molecule has 6 rings (SSSR count).